The Morgan fingerprint density at radius 3 is 2.10 bits per heavy atom. The molecular formula is C15H32N2O3S. The number of ether oxygens (including phenoxy) is 3. The van der Waals surface area contributed by atoms with E-state index >= 15 is 0 Å². The molecule has 0 spiro atoms. The SMILES string of the molecule is CCCCOCCOCCOCCN(C)C(C)CC(N)=S. The molecule has 0 heterocycles. The van der Waals surface area contributed by atoms with Gasteiger partial charge in [-0.1, -0.05) is 25.6 Å². The summed E-state index contributed by atoms with van der Waals surface area (Å²) in [6.45, 7) is 9.18. The summed E-state index contributed by atoms with van der Waals surface area (Å²) in [5.41, 5.74) is 5.54. The maximum absolute atomic E-state index is 5.54. The molecule has 0 fully saturated rings. The highest BCUT2D eigenvalue weighted by Crippen LogP contribution is 2.00. The van der Waals surface area contributed by atoms with Crippen LogP contribution in [-0.2, 0) is 14.2 Å². The van der Waals surface area contributed by atoms with Crippen molar-refractivity contribution < 1.29 is 14.2 Å². The standard InChI is InChI=1S/C15H32N2O3S/c1-4-5-7-18-9-11-20-12-10-19-8-6-17(3)14(2)13-15(16)21/h14H,4-13H2,1-3H3,(H2,16,21). The van der Waals surface area contributed by atoms with Crippen molar-refractivity contribution in [1.82, 2.24) is 4.90 Å². The van der Waals surface area contributed by atoms with Crippen molar-refractivity contribution in [3.05, 3.63) is 0 Å². The molecule has 21 heavy (non-hydrogen) atoms. The lowest BCUT2D eigenvalue weighted by molar-refractivity contribution is 0.00994. The van der Waals surface area contributed by atoms with Crippen LogP contribution in [0.2, 0.25) is 0 Å². The normalized spacial score (nSPS) is 12.8. The second kappa shape index (κ2) is 14.7. The van der Waals surface area contributed by atoms with Gasteiger partial charge in [-0.3, -0.25) is 0 Å². The minimum Gasteiger partial charge on any atom is -0.393 e. The van der Waals surface area contributed by atoms with Gasteiger partial charge in [0.15, 0.2) is 0 Å². The number of hydrogen-bond donors (Lipinski definition) is 1. The van der Waals surface area contributed by atoms with Gasteiger partial charge < -0.3 is 24.8 Å². The van der Waals surface area contributed by atoms with Gasteiger partial charge in [0, 0.05) is 25.6 Å². The molecule has 0 aliphatic rings. The lowest BCUT2D eigenvalue weighted by Gasteiger charge is -2.24. The second-order valence-electron chi connectivity index (χ2n) is 5.19. The van der Waals surface area contributed by atoms with Crippen molar-refractivity contribution in [2.45, 2.75) is 39.2 Å². The molecule has 2 N–H and O–H groups in total. The van der Waals surface area contributed by atoms with Crippen molar-refractivity contribution in [3.63, 3.8) is 0 Å². The minimum absolute atomic E-state index is 0.350. The molecule has 0 saturated heterocycles. The average Bonchev–Trinajstić information content (AvgIpc) is 2.43. The van der Waals surface area contributed by atoms with E-state index in [0.717, 1.165) is 26.0 Å². The van der Waals surface area contributed by atoms with Crippen molar-refractivity contribution in [3.8, 4) is 0 Å². The van der Waals surface area contributed by atoms with Crippen molar-refractivity contribution in [1.29, 1.82) is 0 Å². The van der Waals surface area contributed by atoms with Crippen LogP contribution in [0.15, 0.2) is 0 Å². The van der Waals surface area contributed by atoms with Gasteiger partial charge >= 0.3 is 0 Å². The van der Waals surface area contributed by atoms with E-state index in [9.17, 15) is 0 Å². The summed E-state index contributed by atoms with van der Waals surface area (Å²) in [6, 6.07) is 0.350. The predicted molar refractivity (Wildman–Crippen MR) is 90.9 cm³/mol. The Kier molecular flexibility index (Phi) is 14.5. The Morgan fingerprint density at radius 1 is 1.05 bits per heavy atom. The summed E-state index contributed by atoms with van der Waals surface area (Å²) in [7, 11) is 2.05. The first-order valence-electron chi connectivity index (χ1n) is 7.79. The molecule has 0 aromatic carbocycles. The van der Waals surface area contributed by atoms with Gasteiger partial charge in [-0.2, -0.15) is 0 Å². The molecule has 0 aromatic heterocycles. The first-order chi connectivity index (χ1) is 10.1. The van der Waals surface area contributed by atoms with E-state index in [1.54, 1.807) is 0 Å². The summed E-state index contributed by atoms with van der Waals surface area (Å²) in [4.78, 5) is 2.76. The average molecular weight is 320 g/mol. The molecule has 126 valence electrons. The smallest absolute Gasteiger partial charge is 0.0742 e. The summed E-state index contributed by atoms with van der Waals surface area (Å²) in [5, 5.41) is 0. The fourth-order valence-electron chi connectivity index (χ4n) is 1.66. The van der Waals surface area contributed by atoms with E-state index in [0.29, 0.717) is 44.1 Å². The molecule has 1 atom stereocenters. The fraction of sp³-hybridized carbons (Fsp3) is 0.933. The Morgan fingerprint density at radius 2 is 1.57 bits per heavy atom. The minimum atomic E-state index is 0.350. The highest BCUT2D eigenvalue weighted by molar-refractivity contribution is 7.80. The van der Waals surface area contributed by atoms with Gasteiger partial charge in [-0.15, -0.1) is 0 Å². The van der Waals surface area contributed by atoms with E-state index < -0.39 is 0 Å². The van der Waals surface area contributed by atoms with E-state index in [1.807, 2.05) is 0 Å². The van der Waals surface area contributed by atoms with E-state index in [-0.39, 0.29) is 0 Å². The number of likely N-dealkylation sites (N-methyl/N-ethyl adjacent to an activating group) is 1. The summed E-state index contributed by atoms with van der Waals surface area (Å²) < 4.78 is 16.4. The second-order valence-corrected chi connectivity index (χ2v) is 5.72. The Hall–Kier alpha value is -0.270. The Bertz CT molecular complexity index is 255. The number of hydrogen-bond acceptors (Lipinski definition) is 5. The zero-order chi connectivity index (χ0) is 15.9. The van der Waals surface area contributed by atoms with Crippen LogP contribution in [0.5, 0.6) is 0 Å². The third-order valence-corrected chi connectivity index (χ3v) is 3.39. The third-order valence-electron chi connectivity index (χ3n) is 3.22. The van der Waals surface area contributed by atoms with Crippen LogP contribution in [0.1, 0.15) is 33.1 Å². The van der Waals surface area contributed by atoms with Gasteiger partial charge in [-0.25, -0.2) is 0 Å². The van der Waals surface area contributed by atoms with Gasteiger partial charge in [0.2, 0.25) is 0 Å². The number of nitrogens with zero attached hydrogens (tertiary/aromatic N) is 1. The zero-order valence-electron chi connectivity index (χ0n) is 13.8. The summed E-state index contributed by atoms with van der Waals surface area (Å²) in [6.07, 6.45) is 3.02. The molecule has 0 bridgehead atoms. The van der Waals surface area contributed by atoms with E-state index in [1.165, 1.54) is 6.42 Å². The van der Waals surface area contributed by atoms with Crippen LogP contribution in [-0.4, -0.2) is 69.2 Å². The molecule has 0 aliphatic heterocycles. The molecule has 1 unspecified atom stereocenters. The lowest BCUT2D eigenvalue weighted by Crippen LogP contribution is -2.35. The predicted octanol–water partition coefficient (Wildman–Crippen LogP) is 1.83. The molecular weight excluding hydrogens is 288 g/mol. The number of nitrogens with two attached hydrogens (primary N) is 1. The number of unbranched alkanes of at least 4 members (excludes halogenated alkanes) is 1. The molecule has 0 amide bonds. The molecule has 0 saturated carbocycles. The first kappa shape index (κ1) is 20.7. The zero-order valence-corrected chi connectivity index (χ0v) is 14.6. The van der Waals surface area contributed by atoms with Crippen LogP contribution in [0, 0.1) is 0 Å². The molecule has 5 nitrogen and oxygen atoms in total. The lowest BCUT2D eigenvalue weighted by atomic mass is 10.2. The van der Waals surface area contributed by atoms with Crippen LogP contribution in [0.25, 0.3) is 0 Å². The molecule has 0 aromatic rings. The van der Waals surface area contributed by atoms with Crippen LogP contribution in [0.4, 0.5) is 0 Å². The monoisotopic (exact) mass is 320 g/mol. The van der Waals surface area contributed by atoms with Gasteiger partial charge in [0.25, 0.3) is 0 Å². The molecule has 0 rings (SSSR count). The Labute approximate surface area is 135 Å². The van der Waals surface area contributed by atoms with Crippen LogP contribution >= 0.6 is 12.2 Å². The molecule has 0 aliphatic carbocycles. The fourth-order valence-corrected chi connectivity index (χ4v) is 1.91. The number of thiocarbonyl (C=S) groups is 1. The summed E-state index contributed by atoms with van der Waals surface area (Å²) >= 11 is 4.91. The Balaban J connectivity index is 3.26. The first-order valence-corrected chi connectivity index (χ1v) is 8.20. The van der Waals surface area contributed by atoms with E-state index in [2.05, 4.69) is 25.8 Å². The maximum Gasteiger partial charge on any atom is 0.0742 e. The van der Waals surface area contributed by atoms with E-state index in [4.69, 9.17) is 32.2 Å². The quantitative estimate of drug-likeness (QED) is 0.367. The van der Waals surface area contributed by atoms with Crippen molar-refractivity contribution >= 4 is 17.2 Å². The maximum atomic E-state index is 5.54. The summed E-state index contributed by atoms with van der Waals surface area (Å²) in [5.74, 6) is 0. The largest absolute Gasteiger partial charge is 0.393 e. The number of rotatable bonds is 15. The third kappa shape index (κ3) is 14.4. The highest BCUT2D eigenvalue weighted by atomic mass is 32.1. The topological polar surface area (TPSA) is 57.0 Å². The molecule has 6 heteroatoms. The van der Waals surface area contributed by atoms with Crippen molar-refractivity contribution in [2.75, 3.05) is 53.2 Å². The van der Waals surface area contributed by atoms with Gasteiger partial charge in [0.1, 0.15) is 0 Å². The highest BCUT2D eigenvalue weighted by Gasteiger charge is 2.09. The van der Waals surface area contributed by atoms with Crippen LogP contribution in [0.3, 0.4) is 0 Å². The van der Waals surface area contributed by atoms with Crippen LogP contribution < -0.4 is 5.73 Å². The van der Waals surface area contributed by atoms with Crippen molar-refractivity contribution in [2.24, 2.45) is 5.73 Å². The van der Waals surface area contributed by atoms with Gasteiger partial charge in [-0.05, 0) is 20.4 Å². The van der Waals surface area contributed by atoms with Gasteiger partial charge in [0.05, 0.1) is 38.0 Å². The molecule has 0 radical (unpaired) electrons.